The van der Waals surface area contributed by atoms with Gasteiger partial charge in [0.25, 0.3) is 5.91 Å². The van der Waals surface area contributed by atoms with Crippen LogP contribution < -0.4 is 11.1 Å². The van der Waals surface area contributed by atoms with Crippen LogP contribution in [0.1, 0.15) is 29.3 Å². The van der Waals surface area contributed by atoms with E-state index in [2.05, 4.69) is 15.0 Å². The lowest BCUT2D eigenvalue weighted by atomic mass is 10.1. The number of nitrogens with one attached hydrogen (secondary N) is 1. The maximum absolute atomic E-state index is 11.9. The van der Waals surface area contributed by atoms with Crippen molar-refractivity contribution in [2.75, 3.05) is 13.7 Å². The summed E-state index contributed by atoms with van der Waals surface area (Å²) in [6.07, 6.45) is 0.637. The number of rotatable bonds is 5. The van der Waals surface area contributed by atoms with Crippen molar-refractivity contribution < 1.29 is 14.3 Å². The molecule has 0 bridgehead atoms. The molecule has 1 amide bonds. The number of ether oxygens (including phenoxy) is 1. The van der Waals surface area contributed by atoms with Crippen molar-refractivity contribution in [1.29, 1.82) is 0 Å². The molecular weight excluding hydrogens is 254 g/mol. The van der Waals surface area contributed by atoms with Crippen LogP contribution in [0.15, 0.2) is 5.38 Å². The van der Waals surface area contributed by atoms with Gasteiger partial charge in [0.05, 0.1) is 12.1 Å². The predicted octanol–water partition coefficient (Wildman–Crippen LogP) is 0.326. The van der Waals surface area contributed by atoms with Gasteiger partial charge < -0.3 is 15.8 Å². The van der Waals surface area contributed by atoms with Crippen LogP contribution in [0.3, 0.4) is 0 Å². The van der Waals surface area contributed by atoms with Crippen LogP contribution in [0.25, 0.3) is 0 Å². The molecule has 0 aliphatic heterocycles. The topological polar surface area (TPSA) is 94.3 Å². The Morgan fingerprint density at radius 2 is 2.22 bits per heavy atom. The van der Waals surface area contributed by atoms with E-state index in [9.17, 15) is 9.59 Å². The summed E-state index contributed by atoms with van der Waals surface area (Å²) in [5.74, 6) is -0.904. The van der Waals surface area contributed by atoms with Gasteiger partial charge in [0, 0.05) is 11.8 Å². The summed E-state index contributed by atoms with van der Waals surface area (Å²) in [6.45, 7) is 3.63. The molecular formula is C11H17N3O3S. The lowest BCUT2D eigenvalue weighted by Crippen LogP contribution is -2.50. The molecule has 0 aliphatic carbocycles. The normalized spacial score (nSPS) is 11.1. The first-order valence-electron chi connectivity index (χ1n) is 5.46. The second kappa shape index (κ2) is 5.92. The zero-order valence-corrected chi connectivity index (χ0v) is 11.5. The minimum Gasteiger partial charge on any atom is -0.467 e. The number of carbonyl (C=O) groups excluding carboxylic acids is 2. The number of hydrogen-bond donors (Lipinski definition) is 2. The average Bonchev–Trinajstić information content (AvgIpc) is 2.76. The van der Waals surface area contributed by atoms with Gasteiger partial charge in [-0.1, -0.05) is 0 Å². The van der Waals surface area contributed by atoms with Gasteiger partial charge in [0.2, 0.25) is 0 Å². The number of thiazole rings is 1. The third-order valence-corrected chi connectivity index (χ3v) is 3.17. The molecule has 0 spiro atoms. The van der Waals surface area contributed by atoms with Gasteiger partial charge in [0.15, 0.2) is 0 Å². The van der Waals surface area contributed by atoms with Crippen LogP contribution >= 0.6 is 11.3 Å². The first kappa shape index (κ1) is 14.6. The van der Waals surface area contributed by atoms with Crippen molar-refractivity contribution in [2.24, 2.45) is 5.73 Å². The van der Waals surface area contributed by atoms with Crippen LogP contribution in [-0.2, 0) is 16.0 Å². The molecule has 1 rings (SSSR count). The number of hydrogen-bond acceptors (Lipinski definition) is 6. The molecule has 1 heterocycles. The Labute approximate surface area is 110 Å². The van der Waals surface area contributed by atoms with E-state index in [1.54, 1.807) is 19.2 Å². The molecule has 6 nitrogen and oxygen atoms in total. The number of esters is 1. The molecule has 18 heavy (non-hydrogen) atoms. The van der Waals surface area contributed by atoms with Gasteiger partial charge in [-0.05, 0) is 20.4 Å². The van der Waals surface area contributed by atoms with E-state index in [1.807, 2.05) is 0 Å². The number of amides is 1. The third kappa shape index (κ3) is 3.51. The van der Waals surface area contributed by atoms with Crippen molar-refractivity contribution in [1.82, 2.24) is 10.3 Å². The molecule has 1 aromatic heterocycles. The van der Waals surface area contributed by atoms with Crippen LogP contribution in [0.2, 0.25) is 0 Å². The highest BCUT2D eigenvalue weighted by Crippen LogP contribution is 2.12. The van der Waals surface area contributed by atoms with E-state index in [0.717, 1.165) is 5.01 Å². The maximum Gasteiger partial charge on any atom is 0.330 e. The highest BCUT2D eigenvalue weighted by Gasteiger charge is 2.31. The van der Waals surface area contributed by atoms with Gasteiger partial charge in [0.1, 0.15) is 11.2 Å². The van der Waals surface area contributed by atoms with Crippen molar-refractivity contribution in [3.05, 3.63) is 16.1 Å². The fourth-order valence-corrected chi connectivity index (χ4v) is 2.10. The molecule has 0 atom stereocenters. The molecule has 3 N–H and O–H groups in total. The van der Waals surface area contributed by atoms with Gasteiger partial charge in [-0.25, -0.2) is 9.78 Å². The quantitative estimate of drug-likeness (QED) is 0.752. The van der Waals surface area contributed by atoms with Crippen LogP contribution in [0, 0.1) is 0 Å². The first-order valence-corrected chi connectivity index (χ1v) is 6.34. The smallest absolute Gasteiger partial charge is 0.330 e. The zero-order valence-electron chi connectivity index (χ0n) is 10.6. The van der Waals surface area contributed by atoms with Gasteiger partial charge in [-0.3, -0.25) is 4.79 Å². The summed E-state index contributed by atoms with van der Waals surface area (Å²) in [5, 5.41) is 5.03. The van der Waals surface area contributed by atoms with E-state index in [4.69, 9.17) is 5.73 Å². The van der Waals surface area contributed by atoms with Gasteiger partial charge >= 0.3 is 5.97 Å². The number of carbonyl (C=O) groups is 2. The summed E-state index contributed by atoms with van der Waals surface area (Å²) in [5.41, 5.74) is 4.62. The summed E-state index contributed by atoms with van der Waals surface area (Å²) in [4.78, 5) is 27.5. The number of aromatic nitrogens is 1. The van der Waals surface area contributed by atoms with E-state index in [0.29, 0.717) is 18.7 Å². The van der Waals surface area contributed by atoms with E-state index >= 15 is 0 Å². The Morgan fingerprint density at radius 3 is 2.78 bits per heavy atom. The lowest BCUT2D eigenvalue weighted by Gasteiger charge is -2.22. The van der Waals surface area contributed by atoms with Crippen LogP contribution in [-0.4, -0.2) is 36.1 Å². The molecule has 0 radical (unpaired) electrons. The monoisotopic (exact) mass is 271 g/mol. The maximum atomic E-state index is 11.9. The Bertz CT molecular complexity index is 442. The van der Waals surface area contributed by atoms with Crippen molar-refractivity contribution >= 4 is 23.2 Å². The highest BCUT2D eigenvalue weighted by molar-refractivity contribution is 7.09. The second-order valence-corrected chi connectivity index (χ2v) is 5.18. The molecule has 0 saturated carbocycles. The number of methoxy groups -OCH3 is 1. The largest absolute Gasteiger partial charge is 0.467 e. The van der Waals surface area contributed by atoms with Gasteiger partial charge in [-0.15, -0.1) is 11.3 Å². The summed E-state index contributed by atoms with van der Waals surface area (Å²) in [7, 11) is 1.28. The molecule has 0 fully saturated rings. The summed E-state index contributed by atoms with van der Waals surface area (Å²) in [6, 6.07) is 0. The van der Waals surface area contributed by atoms with E-state index < -0.39 is 17.4 Å². The summed E-state index contributed by atoms with van der Waals surface area (Å²) >= 11 is 1.37. The van der Waals surface area contributed by atoms with E-state index in [-0.39, 0.29) is 0 Å². The molecule has 0 unspecified atom stereocenters. The van der Waals surface area contributed by atoms with Crippen molar-refractivity contribution in [3.8, 4) is 0 Å². The van der Waals surface area contributed by atoms with Gasteiger partial charge in [-0.2, -0.15) is 0 Å². The first-order chi connectivity index (χ1) is 8.40. The lowest BCUT2D eigenvalue weighted by molar-refractivity contribution is -0.146. The molecule has 0 saturated heterocycles. The Balaban J connectivity index is 2.72. The Morgan fingerprint density at radius 1 is 1.56 bits per heavy atom. The van der Waals surface area contributed by atoms with E-state index in [1.165, 1.54) is 18.4 Å². The molecule has 1 aromatic rings. The average molecular weight is 271 g/mol. The van der Waals surface area contributed by atoms with Crippen molar-refractivity contribution in [2.45, 2.75) is 25.8 Å². The molecule has 0 aliphatic rings. The van der Waals surface area contributed by atoms with Crippen molar-refractivity contribution in [3.63, 3.8) is 0 Å². The fourth-order valence-electron chi connectivity index (χ4n) is 1.31. The highest BCUT2D eigenvalue weighted by atomic mass is 32.1. The molecule has 0 aromatic carbocycles. The second-order valence-electron chi connectivity index (χ2n) is 4.24. The zero-order chi connectivity index (χ0) is 13.8. The SMILES string of the molecule is COC(=O)C(C)(C)NC(=O)c1csc(CCN)n1. The minimum atomic E-state index is -1.08. The van der Waals surface area contributed by atoms with Crippen LogP contribution in [0.4, 0.5) is 0 Å². The predicted molar refractivity (Wildman–Crippen MR) is 68.4 cm³/mol. The third-order valence-electron chi connectivity index (χ3n) is 2.26. The fraction of sp³-hybridized carbons (Fsp3) is 0.545. The Kier molecular flexibility index (Phi) is 4.80. The summed E-state index contributed by atoms with van der Waals surface area (Å²) < 4.78 is 4.61. The Hall–Kier alpha value is -1.47. The molecule has 100 valence electrons. The number of nitrogens with zero attached hydrogens (tertiary/aromatic N) is 1. The van der Waals surface area contributed by atoms with Crippen LogP contribution in [0.5, 0.6) is 0 Å². The minimum absolute atomic E-state index is 0.292. The molecule has 7 heteroatoms. The standard InChI is InChI=1S/C11H17N3O3S/c1-11(2,10(16)17-3)14-9(15)7-6-18-8(13-7)4-5-12/h6H,4-5,12H2,1-3H3,(H,14,15). The number of nitrogens with two attached hydrogens (primary N) is 1.